The fourth-order valence-corrected chi connectivity index (χ4v) is 4.33. The number of benzene rings is 1. The second kappa shape index (κ2) is 5.61. The van der Waals surface area contributed by atoms with Crippen LogP contribution in [0.4, 0.5) is 0 Å². The highest BCUT2D eigenvalue weighted by molar-refractivity contribution is 7.92. The third-order valence-electron chi connectivity index (χ3n) is 3.17. The van der Waals surface area contributed by atoms with Crippen molar-refractivity contribution in [1.29, 1.82) is 0 Å². The third-order valence-corrected chi connectivity index (χ3v) is 6.32. The Labute approximate surface area is 111 Å². The van der Waals surface area contributed by atoms with Crippen molar-refractivity contribution < 1.29 is 13.0 Å². The SMILES string of the molecule is C[S+]([O-])c1ccc(S(=O)(=O)C2CCCNC2)cc1. The summed E-state index contributed by atoms with van der Waals surface area (Å²) in [5, 5.41) is 2.77. The van der Waals surface area contributed by atoms with Crippen molar-refractivity contribution in [2.24, 2.45) is 0 Å². The molecule has 2 atom stereocenters. The fraction of sp³-hybridized carbons (Fsp3) is 0.500. The number of hydrogen-bond acceptors (Lipinski definition) is 4. The van der Waals surface area contributed by atoms with Crippen molar-refractivity contribution in [3.05, 3.63) is 24.3 Å². The zero-order valence-electron chi connectivity index (χ0n) is 10.3. The quantitative estimate of drug-likeness (QED) is 0.840. The molecular formula is C12H17NO3S2. The van der Waals surface area contributed by atoms with Crippen LogP contribution in [0.2, 0.25) is 0 Å². The minimum Gasteiger partial charge on any atom is -0.612 e. The lowest BCUT2D eigenvalue weighted by atomic mass is 10.2. The van der Waals surface area contributed by atoms with E-state index in [0.29, 0.717) is 22.8 Å². The minimum atomic E-state index is -3.27. The minimum absolute atomic E-state index is 0.324. The second-order valence-corrected chi connectivity index (χ2v) is 8.05. The molecule has 1 fully saturated rings. The van der Waals surface area contributed by atoms with Gasteiger partial charge in [-0.3, -0.25) is 0 Å². The Morgan fingerprint density at radius 3 is 2.50 bits per heavy atom. The van der Waals surface area contributed by atoms with Crippen LogP contribution < -0.4 is 5.32 Å². The first kappa shape index (κ1) is 13.9. The third kappa shape index (κ3) is 2.88. The van der Waals surface area contributed by atoms with Gasteiger partial charge in [-0.1, -0.05) is 0 Å². The van der Waals surface area contributed by atoms with E-state index in [1.807, 2.05) is 0 Å². The lowest BCUT2D eigenvalue weighted by molar-refractivity contribution is 0.497. The number of nitrogens with one attached hydrogen (secondary N) is 1. The molecule has 1 aromatic rings. The predicted octanol–water partition coefficient (Wildman–Crippen LogP) is 0.950. The summed E-state index contributed by atoms with van der Waals surface area (Å²) >= 11 is -1.08. The lowest BCUT2D eigenvalue weighted by Crippen LogP contribution is -2.38. The molecule has 0 radical (unpaired) electrons. The summed E-state index contributed by atoms with van der Waals surface area (Å²) in [6.45, 7) is 1.41. The highest BCUT2D eigenvalue weighted by atomic mass is 32.2. The number of piperidine rings is 1. The van der Waals surface area contributed by atoms with Crippen LogP contribution in [0.1, 0.15) is 12.8 Å². The summed E-state index contributed by atoms with van der Waals surface area (Å²) < 4.78 is 36.0. The molecule has 1 aliphatic heterocycles. The largest absolute Gasteiger partial charge is 0.612 e. The average molecular weight is 287 g/mol. The Balaban J connectivity index is 2.23. The lowest BCUT2D eigenvalue weighted by Gasteiger charge is -2.22. The molecule has 1 heterocycles. The van der Waals surface area contributed by atoms with E-state index in [9.17, 15) is 13.0 Å². The van der Waals surface area contributed by atoms with E-state index in [4.69, 9.17) is 0 Å². The molecule has 100 valence electrons. The molecule has 0 aromatic heterocycles. The molecule has 4 nitrogen and oxygen atoms in total. The van der Waals surface area contributed by atoms with E-state index in [2.05, 4.69) is 5.32 Å². The van der Waals surface area contributed by atoms with Gasteiger partial charge in [0.1, 0.15) is 6.26 Å². The van der Waals surface area contributed by atoms with Crippen molar-refractivity contribution in [1.82, 2.24) is 5.32 Å². The molecule has 0 bridgehead atoms. The highest BCUT2D eigenvalue weighted by Gasteiger charge is 2.28. The maximum atomic E-state index is 12.4. The molecule has 1 N–H and O–H groups in total. The summed E-state index contributed by atoms with van der Waals surface area (Å²) in [7, 11) is -3.27. The van der Waals surface area contributed by atoms with Crippen LogP contribution >= 0.6 is 0 Å². The van der Waals surface area contributed by atoms with Gasteiger partial charge in [-0.15, -0.1) is 0 Å². The summed E-state index contributed by atoms with van der Waals surface area (Å²) in [6.07, 6.45) is 3.17. The summed E-state index contributed by atoms with van der Waals surface area (Å²) in [4.78, 5) is 0.973. The van der Waals surface area contributed by atoms with Crippen LogP contribution in [0, 0.1) is 0 Å². The number of sulfone groups is 1. The summed E-state index contributed by atoms with van der Waals surface area (Å²) in [5.41, 5.74) is 0. The van der Waals surface area contributed by atoms with E-state index < -0.39 is 21.0 Å². The monoisotopic (exact) mass is 287 g/mol. The van der Waals surface area contributed by atoms with E-state index >= 15 is 0 Å². The zero-order valence-corrected chi connectivity index (χ0v) is 11.9. The van der Waals surface area contributed by atoms with Crippen LogP contribution in [0.25, 0.3) is 0 Å². The van der Waals surface area contributed by atoms with Crippen molar-refractivity contribution in [3.63, 3.8) is 0 Å². The molecule has 1 aliphatic rings. The average Bonchev–Trinajstić information content (AvgIpc) is 2.40. The van der Waals surface area contributed by atoms with Crippen molar-refractivity contribution in [2.75, 3.05) is 19.3 Å². The first-order chi connectivity index (χ1) is 8.51. The van der Waals surface area contributed by atoms with Gasteiger partial charge in [0.2, 0.25) is 0 Å². The van der Waals surface area contributed by atoms with Gasteiger partial charge in [0.15, 0.2) is 14.7 Å². The van der Waals surface area contributed by atoms with Gasteiger partial charge in [0.25, 0.3) is 0 Å². The molecule has 0 amide bonds. The summed E-state index contributed by atoms with van der Waals surface area (Å²) in [5.74, 6) is 0. The van der Waals surface area contributed by atoms with E-state index in [0.717, 1.165) is 13.0 Å². The first-order valence-corrected chi connectivity index (χ1v) is 9.00. The summed E-state index contributed by atoms with van der Waals surface area (Å²) in [6, 6.07) is 6.36. The van der Waals surface area contributed by atoms with Crippen molar-refractivity contribution in [2.45, 2.75) is 27.9 Å². The van der Waals surface area contributed by atoms with Gasteiger partial charge in [-0.25, -0.2) is 8.42 Å². The molecule has 6 heteroatoms. The highest BCUT2D eigenvalue weighted by Crippen LogP contribution is 2.22. The maximum absolute atomic E-state index is 12.4. The van der Waals surface area contributed by atoms with Crippen LogP contribution in [0.15, 0.2) is 34.1 Å². The van der Waals surface area contributed by atoms with E-state index in [1.165, 1.54) is 0 Å². The second-order valence-electron chi connectivity index (χ2n) is 4.44. The van der Waals surface area contributed by atoms with Gasteiger partial charge >= 0.3 is 0 Å². The maximum Gasteiger partial charge on any atom is 0.182 e. The van der Waals surface area contributed by atoms with Crippen LogP contribution in [0.3, 0.4) is 0 Å². The van der Waals surface area contributed by atoms with Gasteiger partial charge in [0.05, 0.1) is 10.1 Å². The Morgan fingerprint density at radius 1 is 1.33 bits per heavy atom. The van der Waals surface area contributed by atoms with Gasteiger partial charge in [-0.05, 0) is 54.8 Å². The first-order valence-electron chi connectivity index (χ1n) is 5.90. The van der Waals surface area contributed by atoms with E-state index in [-0.39, 0.29) is 5.25 Å². The molecule has 0 spiro atoms. The Hall–Kier alpha value is -0.560. The Kier molecular flexibility index (Phi) is 4.32. The molecule has 0 aliphatic carbocycles. The van der Waals surface area contributed by atoms with Gasteiger partial charge in [-0.2, -0.15) is 0 Å². The van der Waals surface area contributed by atoms with Crippen LogP contribution in [0.5, 0.6) is 0 Å². The molecule has 2 rings (SSSR count). The Morgan fingerprint density at radius 2 is 2.00 bits per heavy atom. The molecule has 18 heavy (non-hydrogen) atoms. The molecule has 1 aromatic carbocycles. The normalized spacial score (nSPS) is 22.7. The van der Waals surface area contributed by atoms with Crippen LogP contribution in [-0.4, -0.2) is 37.6 Å². The van der Waals surface area contributed by atoms with E-state index in [1.54, 1.807) is 30.5 Å². The molecule has 2 unspecified atom stereocenters. The van der Waals surface area contributed by atoms with Crippen molar-refractivity contribution >= 4 is 21.0 Å². The predicted molar refractivity (Wildman–Crippen MR) is 71.9 cm³/mol. The van der Waals surface area contributed by atoms with Gasteiger partial charge < -0.3 is 9.87 Å². The van der Waals surface area contributed by atoms with Gasteiger partial charge in [0, 0.05) is 6.54 Å². The Bertz CT molecular complexity index is 491. The standard InChI is InChI=1S/C12H17NO3S2/c1-17(14)10-4-6-11(7-5-10)18(15,16)12-3-2-8-13-9-12/h4-7,12-13H,2-3,8-9H2,1H3. The number of hydrogen-bond donors (Lipinski definition) is 1. The van der Waals surface area contributed by atoms with Crippen molar-refractivity contribution in [3.8, 4) is 0 Å². The topological polar surface area (TPSA) is 69.2 Å². The number of rotatable bonds is 3. The smallest absolute Gasteiger partial charge is 0.182 e. The zero-order chi connectivity index (χ0) is 13.2. The molecular weight excluding hydrogens is 270 g/mol. The molecule has 1 saturated heterocycles. The van der Waals surface area contributed by atoms with Crippen LogP contribution in [-0.2, 0) is 21.0 Å². The molecule has 0 saturated carbocycles. The fourth-order valence-electron chi connectivity index (χ4n) is 2.10.